The van der Waals surface area contributed by atoms with Crippen LogP contribution in [-0.2, 0) is 0 Å². The number of nitrogens with one attached hydrogen (secondary N) is 2. The molecule has 0 spiro atoms. The molecule has 0 heterocycles. The van der Waals surface area contributed by atoms with E-state index in [0.717, 1.165) is 17.1 Å². The fourth-order valence-electron chi connectivity index (χ4n) is 2.40. The lowest BCUT2D eigenvalue weighted by Crippen LogP contribution is -2.19. The molecule has 0 aromatic heterocycles. The lowest BCUT2D eigenvalue weighted by atomic mass is 10.1. The Labute approximate surface area is 141 Å². The molecular formula is C19H18N2OS. The van der Waals surface area contributed by atoms with Crippen LogP contribution in [0.1, 0.15) is 6.92 Å². The summed E-state index contributed by atoms with van der Waals surface area (Å²) in [5.41, 5.74) is 1.81. The molecule has 4 heteroatoms. The van der Waals surface area contributed by atoms with Gasteiger partial charge >= 0.3 is 0 Å². The van der Waals surface area contributed by atoms with Crippen LogP contribution in [0.4, 0.5) is 11.4 Å². The average molecular weight is 322 g/mol. The summed E-state index contributed by atoms with van der Waals surface area (Å²) in [6.45, 7) is 2.58. The molecule has 0 aliphatic heterocycles. The minimum absolute atomic E-state index is 0.535. The number of hydrogen-bond donors (Lipinski definition) is 2. The van der Waals surface area contributed by atoms with Crippen LogP contribution in [0.25, 0.3) is 10.8 Å². The van der Waals surface area contributed by atoms with E-state index in [1.54, 1.807) is 0 Å². The van der Waals surface area contributed by atoms with Gasteiger partial charge in [-0.2, -0.15) is 0 Å². The number of fused-ring (bicyclic) bond motifs is 1. The maximum Gasteiger partial charge on any atom is 0.175 e. The molecule has 0 aliphatic rings. The smallest absolute Gasteiger partial charge is 0.175 e. The summed E-state index contributed by atoms with van der Waals surface area (Å²) in [6, 6.07) is 22.2. The maximum absolute atomic E-state index is 5.60. The summed E-state index contributed by atoms with van der Waals surface area (Å²) in [5, 5.41) is 9.32. The summed E-state index contributed by atoms with van der Waals surface area (Å²) < 4.78 is 5.60. The van der Waals surface area contributed by atoms with Crippen molar-refractivity contribution < 1.29 is 4.74 Å². The van der Waals surface area contributed by atoms with Crippen molar-refractivity contribution >= 4 is 39.5 Å². The molecule has 0 unspecified atom stereocenters. The highest BCUT2D eigenvalue weighted by Crippen LogP contribution is 2.24. The van der Waals surface area contributed by atoms with Crippen molar-refractivity contribution in [2.75, 3.05) is 17.2 Å². The highest BCUT2D eigenvalue weighted by atomic mass is 32.1. The van der Waals surface area contributed by atoms with Gasteiger partial charge in [-0.25, -0.2) is 0 Å². The van der Waals surface area contributed by atoms with E-state index >= 15 is 0 Å². The topological polar surface area (TPSA) is 33.3 Å². The first-order valence-electron chi connectivity index (χ1n) is 7.55. The molecule has 0 bridgehead atoms. The first kappa shape index (κ1) is 15.3. The zero-order chi connectivity index (χ0) is 16.1. The molecule has 0 aliphatic carbocycles. The Morgan fingerprint density at radius 3 is 2.48 bits per heavy atom. The third kappa shape index (κ3) is 3.79. The standard InChI is InChI=1S/C19H18N2OS/c1-2-22-18-10-6-5-9-17(18)21-19(23)20-16-12-11-14-7-3-4-8-15(14)13-16/h3-13H,2H2,1H3,(H2,20,21,23). The summed E-state index contributed by atoms with van der Waals surface area (Å²) in [5.74, 6) is 0.790. The molecule has 0 radical (unpaired) electrons. The molecule has 0 saturated heterocycles. The molecule has 2 N–H and O–H groups in total. The van der Waals surface area contributed by atoms with Gasteiger partial charge in [-0.05, 0) is 54.2 Å². The Balaban J connectivity index is 1.73. The minimum atomic E-state index is 0.535. The van der Waals surface area contributed by atoms with Gasteiger partial charge in [-0.15, -0.1) is 0 Å². The SMILES string of the molecule is CCOc1ccccc1NC(=S)Nc1ccc2ccccc2c1. The lowest BCUT2D eigenvalue weighted by molar-refractivity contribution is 0.342. The number of anilines is 2. The van der Waals surface area contributed by atoms with Gasteiger partial charge in [-0.3, -0.25) is 0 Å². The molecule has 3 rings (SSSR count). The van der Waals surface area contributed by atoms with E-state index in [1.165, 1.54) is 10.8 Å². The third-order valence-electron chi connectivity index (χ3n) is 3.44. The first-order chi connectivity index (χ1) is 11.3. The normalized spacial score (nSPS) is 10.3. The van der Waals surface area contributed by atoms with Crippen molar-refractivity contribution in [2.24, 2.45) is 0 Å². The number of rotatable bonds is 4. The van der Waals surface area contributed by atoms with Crippen LogP contribution in [0, 0.1) is 0 Å². The molecule has 3 aromatic carbocycles. The zero-order valence-electron chi connectivity index (χ0n) is 12.9. The van der Waals surface area contributed by atoms with Crippen LogP contribution in [0.3, 0.4) is 0 Å². The van der Waals surface area contributed by atoms with Gasteiger partial charge in [0, 0.05) is 5.69 Å². The van der Waals surface area contributed by atoms with Crippen molar-refractivity contribution in [3.8, 4) is 5.75 Å². The fraction of sp³-hybridized carbons (Fsp3) is 0.105. The van der Waals surface area contributed by atoms with Crippen molar-refractivity contribution in [2.45, 2.75) is 6.92 Å². The van der Waals surface area contributed by atoms with E-state index < -0.39 is 0 Å². The number of hydrogen-bond acceptors (Lipinski definition) is 2. The first-order valence-corrected chi connectivity index (χ1v) is 7.96. The monoisotopic (exact) mass is 322 g/mol. The van der Waals surface area contributed by atoms with Crippen LogP contribution in [0.15, 0.2) is 66.7 Å². The van der Waals surface area contributed by atoms with Gasteiger partial charge in [-0.1, -0.05) is 42.5 Å². The largest absolute Gasteiger partial charge is 0.492 e. The molecule has 23 heavy (non-hydrogen) atoms. The van der Waals surface area contributed by atoms with Gasteiger partial charge < -0.3 is 15.4 Å². The second kappa shape index (κ2) is 7.11. The van der Waals surface area contributed by atoms with Crippen molar-refractivity contribution in [1.82, 2.24) is 0 Å². The highest BCUT2D eigenvalue weighted by molar-refractivity contribution is 7.80. The summed E-state index contributed by atoms with van der Waals surface area (Å²) in [4.78, 5) is 0. The Bertz CT molecular complexity index is 832. The van der Waals surface area contributed by atoms with Crippen molar-refractivity contribution in [1.29, 1.82) is 0 Å². The van der Waals surface area contributed by atoms with E-state index in [2.05, 4.69) is 34.9 Å². The van der Waals surface area contributed by atoms with E-state index in [1.807, 2.05) is 49.4 Å². The van der Waals surface area contributed by atoms with Crippen LogP contribution < -0.4 is 15.4 Å². The van der Waals surface area contributed by atoms with Gasteiger partial charge in [0.25, 0.3) is 0 Å². The lowest BCUT2D eigenvalue weighted by Gasteiger charge is -2.14. The van der Waals surface area contributed by atoms with Crippen LogP contribution in [0.2, 0.25) is 0 Å². The molecule has 0 atom stereocenters. The second-order valence-corrected chi connectivity index (χ2v) is 5.48. The van der Waals surface area contributed by atoms with Gasteiger partial charge in [0.15, 0.2) is 5.11 Å². The third-order valence-corrected chi connectivity index (χ3v) is 3.65. The molecule has 0 saturated carbocycles. The van der Waals surface area contributed by atoms with Gasteiger partial charge in [0.05, 0.1) is 12.3 Å². The average Bonchev–Trinajstić information content (AvgIpc) is 2.57. The molecule has 0 amide bonds. The quantitative estimate of drug-likeness (QED) is 0.659. The number of para-hydroxylation sites is 2. The van der Waals surface area contributed by atoms with E-state index in [0.29, 0.717) is 11.7 Å². The van der Waals surface area contributed by atoms with E-state index in [9.17, 15) is 0 Å². The fourth-order valence-corrected chi connectivity index (χ4v) is 2.63. The summed E-state index contributed by atoms with van der Waals surface area (Å²) in [6.07, 6.45) is 0. The highest BCUT2D eigenvalue weighted by Gasteiger charge is 2.05. The van der Waals surface area contributed by atoms with Crippen LogP contribution in [0.5, 0.6) is 5.75 Å². The van der Waals surface area contributed by atoms with E-state index in [4.69, 9.17) is 17.0 Å². The number of benzene rings is 3. The summed E-state index contributed by atoms with van der Waals surface area (Å²) >= 11 is 5.41. The number of thiocarbonyl (C=S) groups is 1. The predicted molar refractivity (Wildman–Crippen MR) is 101 cm³/mol. The minimum Gasteiger partial charge on any atom is -0.492 e. The Kier molecular flexibility index (Phi) is 4.74. The second-order valence-electron chi connectivity index (χ2n) is 5.07. The van der Waals surface area contributed by atoms with E-state index in [-0.39, 0.29) is 0 Å². The Morgan fingerprint density at radius 1 is 0.913 bits per heavy atom. The molecule has 3 nitrogen and oxygen atoms in total. The van der Waals surface area contributed by atoms with Crippen LogP contribution >= 0.6 is 12.2 Å². The Morgan fingerprint density at radius 2 is 1.65 bits per heavy atom. The molecule has 116 valence electrons. The molecule has 3 aromatic rings. The molecular weight excluding hydrogens is 304 g/mol. The van der Waals surface area contributed by atoms with Gasteiger partial charge in [0.1, 0.15) is 5.75 Å². The summed E-state index contributed by atoms with van der Waals surface area (Å²) in [7, 11) is 0. The van der Waals surface area contributed by atoms with Gasteiger partial charge in [0.2, 0.25) is 0 Å². The zero-order valence-corrected chi connectivity index (χ0v) is 13.7. The maximum atomic E-state index is 5.60. The van der Waals surface area contributed by atoms with Crippen molar-refractivity contribution in [3.63, 3.8) is 0 Å². The van der Waals surface area contributed by atoms with Crippen LogP contribution in [-0.4, -0.2) is 11.7 Å². The predicted octanol–water partition coefficient (Wildman–Crippen LogP) is 5.05. The molecule has 0 fully saturated rings. The number of ether oxygens (including phenoxy) is 1. The Hall–Kier alpha value is -2.59. The van der Waals surface area contributed by atoms with Crippen molar-refractivity contribution in [3.05, 3.63) is 66.7 Å².